The van der Waals surface area contributed by atoms with Crippen LogP contribution in [-0.2, 0) is 9.59 Å². The van der Waals surface area contributed by atoms with Gasteiger partial charge < -0.3 is 9.80 Å². The number of carbonyl (C=O) groups is 4. The van der Waals surface area contributed by atoms with Crippen LogP contribution >= 0.6 is 0 Å². The van der Waals surface area contributed by atoms with E-state index in [9.17, 15) is 19.2 Å². The smallest absolute Gasteiger partial charge is 0.261 e. The number of carbonyl (C=O) groups excluding carboxylic acids is 4. The molecule has 2 aromatic rings. The van der Waals surface area contributed by atoms with Crippen molar-refractivity contribution in [2.45, 2.75) is 57.3 Å². The van der Waals surface area contributed by atoms with Crippen molar-refractivity contribution in [3.63, 3.8) is 0 Å². The second-order valence-electron chi connectivity index (χ2n) is 14.5. The molecule has 7 aliphatic rings. The molecule has 3 aliphatic carbocycles. The molecule has 48 heavy (non-hydrogen) atoms. The van der Waals surface area contributed by atoms with Crippen molar-refractivity contribution in [2.24, 2.45) is 5.92 Å². The van der Waals surface area contributed by atoms with E-state index in [1.165, 1.54) is 48.3 Å². The lowest BCUT2D eigenvalue weighted by atomic mass is 9.61. The average molecular weight is 643 g/mol. The van der Waals surface area contributed by atoms with Crippen molar-refractivity contribution in [1.29, 1.82) is 0 Å². The lowest BCUT2D eigenvalue weighted by molar-refractivity contribution is -0.140. The van der Waals surface area contributed by atoms with Crippen LogP contribution in [0, 0.1) is 5.92 Å². The van der Waals surface area contributed by atoms with Crippen LogP contribution in [0.5, 0.6) is 0 Å². The average Bonchev–Trinajstić information content (AvgIpc) is 3.12. The molecule has 0 spiro atoms. The number of hydrogen-bond acceptors (Lipinski definition) is 6. The fourth-order valence-corrected chi connectivity index (χ4v) is 9.53. The number of nitrogens with zero attached hydrogens (tertiary/aromatic N) is 4. The summed E-state index contributed by atoms with van der Waals surface area (Å²) in [5.41, 5.74) is 6.28. The van der Waals surface area contributed by atoms with Crippen LogP contribution in [0.25, 0.3) is 16.3 Å². The minimum Gasteiger partial charge on any atom is -0.303 e. The molecule has 8 nitrogen and oxygen atoms in total. The third-order valence-corrected chi connectivity index (χ3v) is 11.9. The Morgan fingerprint density at radius 2 is 1.17 bits per heavy atom. The molecule has 2 saturated heterocycles. The Kier molecular flexibility index (Phi) is 7.35. The molecular formula is C40H42N4O4. The first-order chi connectivity index (χ1) is 23.5. The van der Waals surface area contributed by atoms with E-state index in [1.807, 2.05) is 42.5 Å². The van der Waals surface area contributed by atoms with Crippen LogP contribution in [-0.4, -0.2) is 95.6 Å². The minimum atomic E-state index is -0.218. The van der Waals surface area contributed by atoms with E-state index >= 15 is 0 Å². The molecule has 246 valence electrons. The summed E-state index contributed by atoms with van der Waals surface area (Å²) in [6.07, 6.45) is 16.9. The second kappa shape index (κ2) is 11.8. The predicted octanol–water partition coefficient (Wildman–Crippen LogP) is 5.46. The number of fused-ring (bicyclic) bond motifs is 2. The highest BCUT2D eigenvalue weighted by atomic mass is 16.2. The van der Waals surface area contributed by atoms with Crippen LogP contribution in [0.2, 0.25) is 0 Å². The number of amides is 4. The van der Waals surface area contributed by atoms with Crippen molar-refractivity contribution in [2.75, 3.05) is 52.4 Å². The Bertz CT molecular complexity index is 1880. The molecule has 2 atom stereocenters. The number of piperidine rings is 2. The molecule has 4 heterocycles. The first-order valence-corrected chi connectivity index (χ1v) is 18.1. The molecule has 2 fully saturated rings. The van der Waals surface area contributed by atoms with Gasteiger partial charge in [0, 0.05) is 52.6 Å². The molecule has 0 aromatic heterocycles. The topological polar surface area (TPSA) is 81.2 Å². The molecule has 0 N–H and O–H groups in total. The van der Waals surface area contributed by atoms with E-state index in [0.717, 1.165) is 85.2 Å². The van der Waals surface area contributed by atoms with Crippen LogP contribution in [0.4, 0.5) is 0 Å². The normalized spacial score (nSPS) is 25.2. The monoisotopic (exact) mass is 642 g/mol. The fourth-order valence-electron chi connectivity index (χ4n) is 9.53. The van der Waals surface area contributed by atoms with Gasteiger partial charge in [-0.15, -0.1) is 0 Å². The zero-order valence-corrected chi connectivity index (χ0v) is 27.5. The molecule has 9 rings (SSSR count). The predicted molar refractivity (Wildman–Crippen MR) is 184 cm³/mol. The van der Waals surface area contributed by atoms with Crippen molar-refractivity contribution in [1.82, 2.24) is 19.6 Å². The molecule has 2 unspecified atom stereocenters. The van der Waals surface area contributed by atoms with Crippen LogP contribution in [0.15, 0.2) is 65.3 Å². The molecule has 4 amide bonds. The Balaban J connectivity index is 1.03. The van der Waals surface area contributed by atoms with E-state index in [1.54, 1.807) is 0 Å². The van der Waals surface area contributed by atoms with Gasteiger partial charge in [-0.25, -0.2) is 0 Å². The zero-order chi connectivity index (χ0) is 32.5. The van der Waals surface area contributed by atoms with Crippen LogP contribution < -0.4 is 0 Å². The summed E-state index contributed by atoms with van der Waals surface area (Å²) in [4.78, 5) is 63.3. The number of likely N-dealkylation sites (tertiary alicyclic amines) is 2. The first-order valence-electron chi connectivity index (χ1n) is 18.1. The number of rotatable bonds is 8. The van der Waals surface area contributed by atoms with E-state index in [-0.39, 0.29) is 35.5 Å². The molecular weight excluding hydrogens is 600 g/mol. The van der Waals surface area contributed by atoms with Gasteiger partial charge in [0.05, 0.1) is 0 Å². The molecule has 0 bridgehead atoms. The number of imide groups is 2. The second-order valence-corrected chi connectivity index (χ2v) is 14.5. The number of allylic oxidation sites excluding steroid dienone is 4. The zero-order valence-electron chi connectivity index (χ0n) is 27.5. The van der Waals surface area contributed by atoms with Crippen molar-refractivity contribution in [3.05, 3.63) is 87.5 Å². The SMILES string of the molecule is O=C1C2=CC=C3c4ccc5c6c(ccc(c46)C4C=CC(=C2C34)C(=O)N1CCCN1CCCCC1)C(=O)N(CCCN1CCCCC1)C5=O. The van der Waals surface area contributed by atoms with Crippen LogP contribution in [0.1, 0.15) is 89.1 Å². The Hall–Kier alpha value is -4.14. The van der Waals surface area contributed by atoms with Crippen molar-refractivity contribution >= 4 is 40.0 Å². The molecule has 2 aromatic carbocycles. The quantitative estimate of drug-likeness (QED) is 0.356. The van der Waals surface area contributed by atoms with Gasteiger partial charge in [-0.3, -0.25) is 29.0 Å². The van der Waals surface area contributed by atoms with Gasteiger partial charge in [-0.1, -0.05) is 43.2 Å². The Labute approximate surface area is 281 Å². The first kappa shape index (κ1) is 30.0. The van der Waals surface area contributed by atoms with Gasteiger partial charge in [0.25, 0.3) is 23.6 Å². The highest BCUT2D eigenvalue weighted by Crippen LogP contribution is 2.57. The Morgan fingerprint density at radius 1 is 0.583 bits per heavy atom. The number of hydrogen-bond donors (Lipinski definition) is 0. The van der Waals surface area contributed by atoms with Gasteiger partial charge in [0.15, 0.2) is 0 Å². The molecule has 0 saturated carbocycles. The minimum absolute atomic E-state index is 0.102. The highest BCUT2D eigenvalue weighted by Gasteiger charge is 2.48. The van der Waals surface area contributed by atoms with E-state index in [0.29, 0.717) is 35.4 Å². The lowest BCUT2D eigenvalue weighted by Gasteiger charge is -2.44. The Morgan fingerprint density at radius 3 is 1.81 bits per heavy atom. The highest BCUT2D eigenvalue weighted by molar-refractivity contribution is 6.28. The summed E-state index contributed by atoms with van der Waals surface area (Å²) >= 11 is 0. The van der Waals surface area contributed by atoms with Gasteiger partial charge in [-0.05, 0) is 124 Å². The lowest BCUT2D eigenvalue weighted by Crippen LogP contribution is -2.47. The van der Waals surface area contributed by atoms with Gasteiger partial charge in [0.2, 0.25) is 0 Å². The summed E-state index contributed by atoms with van der Waals surface area (Å²) in [6, 6.07) is 7.83. The number of benzene rings is 2. The van der Waals surface area contributed by atoms with Gasteiger partial charge in [-0.2, -0.15) is 0 Å². The summed E-state index contributed by atoms with van der Waals surface area (Å²) in [6.45, 7) is 7.02. The van der Waals surface area contributed by atoms with E-state index in [4.69, 9.17) is 0 Å². The third-order valence-electron chi connectivity index (χ3n) is 11.9. The maximum Gasteiger partial charge on any atom is 0.261 e. The summed E-state index contributed by atoms with van der Waals surface area (Å²) in [5.74, 6) is -1.10. The third kappa shape index (κ3) is 4.56. The maximum atomic E-state index is 13.9. The summed E-state index contributed by atoms with van der Waals surface area (Å²) < 4.78 is 0. The maximum absolute atomic E-state index is 13.9. The van der Waals surface area contributed by atoms with Crippen LogP contribution in [0.3, 0.4) is 0 Å². The summed E-state index contributed by atoms with van der Waals surface area (Å²) in [7, 11) is 0. The standard InChI is InChI=1S/C40H42N4O4/c45-37-29-13-9-25-27-11-15-31-36-32(40(48)44(39(31)47)24-8-22-42-19-5-2-6-20-42)16-12-28(34(27)36)26-10-14-30(35(29)33(25)26)38(46)43(37)23-7-21-41-17-3-1-4-18-41/h9-16,25,33H,1-8,17-24H2. The van der Waals surface area contributed by atoms with E-state index in [2.05, 4.69) is 15.9 Å². The molecule has 8 heteroatoms. The summed E-state index contributed by atoms with van der Waals surface area (Å²) in [5, 5.41) is 1.69. The van der Waals surface area contributed by atoms with E-state index < -0.39 is 0 Å². The van der Waals surface area contributed by atoms with Crippen molar-refractivity contribution < 1.29 is 19.2 Å². The molecule has 4 aliphatic heterocycles. The fraction of sp³-hybridized carbons (Fsp3) is 0.450. The molecule has 0 radical (unpaired) electrons. The van der Waals surface area contributed by atoms with Gasteiger partial charge >= 0.3 is 0 Å². The largest absolute Gasteiger partial charge is 0.303 e. The van der Waals surface area contributed by atoms with Crippen molar-refractivity contribution in [3.8, 4) is 0 Å². The van der Waals surface area contributed by atoms with Gasteiger partial charge in [0.1, 0.15) is 0 Å².